The van der Waals surface area contributed by atoms with Crippen LogP contribution in [0.15, 0.2) is 55.9 Å². The average molecular weight is 369 g/mol. The lowest BCUT2D eigenvalue weighted by Gasteiger charge is -2.05. The molecule has 2 aromatic rings. The van der Waals surface area contributed by atoms with Crippen LogP contribution in [0.2, 0.25) is 0 Å². The number of benzene rings is 1. The molecule has 1 aromatic carbocycles. The standard InChI is InChI=1S/C12H9BrN4O3S/c13-7-2-1-3-8(6-7)21-10-5-4-9(17(19)20)11(15-10)12(14)16-18/h1-6,18H,(H2,14,16). The molecule has 0 fully saturated rings. The minimum atomic E-state index is -0.631. The van der Waals surface area contributed by atoms with Crippen molar-refractivity contribution >= 4 is 39.2 Å². The summed E-state index contributed by atoms with van der Waals surface area (Å²) in [5.74, 6) is -0.404. The molecular formula is C12H9BrN4O3S. The molecule has 21 heavy (non-hydrogen) atoms. The number of nitro groups is 1. The topological polar surface area (TPSA) is 115 Å². The Bertz CT molecular complexity index is 723. The molecule has 2 rings (SSSR count). The Kier molecular flexibility index (Phi) is 4.76. The molecule has 0 radical (unpaired) electrons. The fourth-order valence-corrected chi connectivity index (χ4v) is 2.92. The Morgan fingerprint density at radius 3 is 2.81 bits per heavy atom. The first kappa shape index (κ1) is 15.3. The summed E-state index contributed by atoms with van der Waals surface area (Å²) in [4.78, 5) is 15.3. The van der Waals surface area contributed by atoms with Crippen LogP contribution in [0.1, 0.15) is 5.69 Å². The lowest BCUT2D eigenvalue weighted by atomic mass is 10.3. The molecule has 0 spiro atoms. The van der Waals surface area contributed by atoms with Crippen LogP contribution < -0.4 is 5.73 Å². The van der Waals surface area contributed by atoms with Crippen molar-refractivity contribution in [1.82, 2.24) is 4.98 Å². The summed E-state index contributed by atoms with van der Waals surface area (Å²) in [6.45, 7) is 0. The third-order valence-corrected chi connectivity index (χ3v) is 3.83. The molecule has 7 nitrogen and oxygen atoms in total. The number of halogens is 1. The van der Waals surface area contributed by atoms with E-state index in [1.165, 1.54) is 23.9 Å². The zero-order valence-electron chi connectivity index (χ0n) is 10.4. The minimum Gasteiger partial charge on any atom is -0.409 e. The Morgan fingerprint density at radius 1 is 1.43 bits per heavy atom. The molecule has 0 aliphatic carbocycles. The second-order valence-corrected chi connectivity index (χ2v) is 5.83. The van der Waals surface area contributed by atoms with Gasteiger partial charge in [0.05, 0.1) is 4.92 Å². The quantitative estimate of drug-likeness (QED) is 0.282. The van der Waals surface area contributed by atoms with Gasteiger partial charge < -0.3 is 10.9 Å². The molecule has 0 amide bonds. The molecule has 0 unspecified atom stereocenters. The molecule has 1 aromatic heterocycles. The Hall–Kier alpha value is -2.13. The molecule has 9 heteroatoms. The highest BCUT2D eigenvalue weighted by atomic mass is 79.9. The first-order chi connectivity index (χ1) is 10.0. The summed E-state index contributed by atoms with van der Waals surface area (Å²) < 4.78 is 0.908. The molecule has 0 atom stereocenters. The molecule has 0 saturated heterocycles. The molecule has 0 saturated carbocycles. The normalized spacial score (nSPS) is 11.4. The molecule has 0 aliphatic rings. The summed E-state index contributed by atoms with van der Waals surface area (Å²) in [6, 6.07) is 10.3. The largest absolute Gasteiger partial charge is 0.409 e. The lowest BCUT2D eigenvalue weighted by molar-refractivity contribution is -0.385. The summed E-state index contributed by atoms with van der Waals surface area (Å²) in [7, 11) is 0. The van der Waals surface area contributed by atoms with E-state index in [1.807, 2.05) is 24.3 Å². The van der Waals surface area contributed by atoms with Gasteiger partial charge in [-0.05, 0) is 24.3 Å². The molecule has 108 valence electrons. The average Bonchev–Trinajstić information content (AvgIpc) is 2.46. The predicted octanol–water partition coefficient (Wildman–Crippen LogP) is 3.00. The van der Waals surface area contributed by atoms with Gasteiger partial charge in [0.1, 0.15) is 5.03 Å². The molecule has 0 bridgehead atoms. The number of nitrogens with zero attached hydrogens (tertiary/aromatic N) is 3. The van der Waals surface area contributed by atoms with E-state index in [1.54, 1.807) is 0 Å². The van der Waals surface area contributed by atoms with Gasteiger partial charge in [-0.1, -0.05) is 38.9 Å². The molecule has 0 aliphatic heterocycles. The van der Waals surface area contributed by atoms with Gasteiger partial charge in [-0.3, -0.25) is 10.1 Å². The minimum absolute atomic E-state index is 0.164. The highest BCUT2D eigenvalue weighted by molar-refractivity contribution is 9.10. The van der Waals surface area contributed by atoms with Crippen molar-refractivity contribution in [3.05, 3.63) is 56.7 Å². The van der Waals surface area contributed by atoms with E-state index < -0.39 is 10.8 Å². The smallest absolute Gasteiger partial charge is 0.298 e. The van der Waals surface area contributed by atoms with E-state index in [0.29, 0.717) is 5.03 Å². The maximum Gasteiger partial charge on any atom is 0.298 e. The number of nitrogens with two attached hydrogens (primary N) is 1. The predicted molar refractivity (Wildman–Crippen MR) is 81.7 cm³/mol. The first-order valence-corrected chi connectivity index (χ1v) is 7.19. The zero-order chi connectivity index (χ0) is 15.4. The van der Waals surface area contributed by atoms with Gasteiger partial charge in [0.25, 0.3) is 5.69 Å². The first-order valence-electron chi connectivity index (χ1n) is 5.58. The van der Waals surface area contributed by atoms with Crippen LogP contribution in [-0.4, -0.2) is 21.0 Å². The monoisotopic (exact) mass is 368 g/mol. The van der Waals surface area contributed by atoms with Crippen LogP contribution in [0.4, 0.5) is 5.69 Å². The van der Waals surface area contributed by atoms with Gasteiger partial charge in [0, 0.05) is 15.4 Å². The number of hydrogen-bond acceptors (Lipinski definition) is 6. The van der Waals surface area contributed by atoms with Gasteiger partial charge in [-0.25, -0.2) is 4.98 Å². The zero-order valence-corrected chi connectivity index (χ0v) is 12.8. The maximum absolute atomic E-state index is 10.9. The van der Waals surface area contributed by atoms with Crippen molar-refractivity contribution in [2.45, 2.75) is 9.92 Å². The SMILES string of the molecule is N/C(=N/O)c1nc(Sc2cccc(Br)c2)ccc1[N+](=O)[O-]. The van der Waals surface area contributed by atoms with Crippen LogP contribution in [0, 0.1) is 10.1 Å². The number of oxime groups is 1. The van der Waals surface area contributed by atoms with E-state index in [4.69, 9.17) is 10.9 Å². The van der Waals surface area contributed by atoms with Crippen molar-refractivity contribution in [1.29, 1.82) is 0 Å². The Labute approximate surface area is 132 Å². The van der Waals surface area contributed by atoms with Crippen LogP contribution in [0.3, 0.4) is 0 Å². The molecular weight excluding hydrogens is 360 g/mol. The van der Waals surface area contributed by atoms with Gasteiger partial charge in [0.15, 0.2) is 11.5 Å². The lowest BCUT2D eigenvalue weighted by Crippen LogP contribution is -2.17. The van der Waals surface area contributed by atoms with E-state index in [0.717, 1.165) is 9.37 Å². The van der Waals surface area contributed by atoms with Crippen molar-refractivity contribution in [3.8, 4) is 0 Å². The van der Waals surface area contributed by atoms with Crippen LogP contribution in [0.5, 0.6) is 0 Å². The fourth-order valence-electron chi connectivity index (χ4n) is 1.53. The van der Waals surface area contributed by atoms with Crippen LogP contribution in [0.25, 0.3) is 0 Å². The van der Waals surface area contributed by atoms with Crippen molar-refractivity contribution < 1.29 is 10.1 Å². The Morgan fingerprint density at radius 2 is 2.19 bits per heavy atom. The van der Waals surface area contributed by atoms with Crippen LogP contribution >= 0.6 is 27.7 Å². The van der Waals surface area contributed by atoms with Gasteiger partial charge in [-0.15, -0.1) is 0 Å². The van der Waals surface area contributed by atoms with E-state index in [2.05, 4.69) is 26.1 Å². The number of pyridine rings is 1. The van der Waals surface area contributed by atoms with E-state index in [-0.39, 0.29) is 11.4 Å². The summed E-state index contributed by atoms with van der Waals surface area (Å²) in [5, 5.41) is 22.9. The summed E-state index contributed by atoms with van der Waals surface area (Å²) in [6.07, 6.45) is 0. The molecule has 3 N–H and O–H groups in total. The fraction of sp³-hybridized carbons (Fsp3) is 0. The number of hydrogen-bond donors (Lipinski definition) is 2. The second-order valence-electron chi connectivity index (χ2n) is 3.82. The van der Waals surface area contributed by atoms with Gasteiger partial charge >= 0.3 is 0 Å². The number of amidine groups is 1. The second kappa shape index (κ2) is 6.55. The van der Waals surface area contributed by atoms with Crippen LogP contribution in [-0.2, 0) is 0 Å². The highest BCUT2D eigenvalue weighted by Gasteiger charge is 2.20. The number of aromatic nitrogens is 1. The van der Waals surface area contributed by atoms with Gasteiger partial charge in [-0.2, -0.15) is 0 Å². The van der Waals surface area contributed by atoms with Crippen molar-refractivity contribution in [3.63, 3.8) is 0 Å². The van der Waals surface area contributed by atoms with Gasteiger partial charge in [0.2, 0.25) is 0 Å². The highest BCUT2D eigenvalue weighted by Crippen LogP contribution is 2.30. The maximum atomic E-state index is 10.9. The van der Waals surface area contributed by atoms with Crippen molar-refractivity contribution in [2.75, 3.05) is 0 Å². The number of rotatable bonds is 4. The summed E-state index contributed by atoms with van der Waals surface area (Å²) in [5.41, 5.74) is 4.96. The molecule has 1 heterocycles. The third-order valence-electron chi connectivity index (χ3n) is 2.41. The van der Waals surface area contributed by atoms with Crippen molar-refractivity contribution in [2.24, 2.45) is 10.9 Å². The Balaban J connectivity index is 2.40. The summed E-state index contributed by atoms with van der Waals surface area (Å²) >= 11 is 4.67. The third kappa shape index (κ3) is 3.70. The van der Waals surface area contributed by atoms with E-state index in [9.17, 15) is 10.1 Å². The van der Waals surface area contributed by atoms with E-state index >= 15 is 0 Å².